The van der Waals surface area contributed by atoms with E-state index in [1.165, 1.54) is 11.3 Å². The maximum atomic E-state index is 11.8. The number of thiocarbonyl (C=S) groups is 1. The molecule has 0 bridgehead atoms. The summed E-state index contributed by atoms with van der Waals surface area (Å²) in [7, 11) is 1.76. The monoisotopic (exact) mass is 242 g/mol. The summed E-state index contributed by atoms with van der Waals surface area (Å²) in [5, 5.41) is 0. The third-order valence-corrected chi connectivity index (χ3v) is 3.18. The SMILES string of the molecule is Cc1ccc(C(=O)N(C)CCC(N)=S)s1. The predicted molar refractivity (Wildman–Crippen MR) is 67.4 cm³/mol. The van der Waals surface area contributed by atoms with Crippen molar-refractivity contribution in [3.8, 4) is 0 Å². The molecule has 0 aliphatic rings. The summed E-state index contributed by atoms with van der Waals surface area (Å²) >= 11 is 6.27. The number of aryl methyl sites for hydroxylation is 1. The number of carbonyl (C=O) groups is 1. The molecule has 15 heavy (non-hydrogen) atoms. The van der Waals surface area contributed by atoms with Crippen molar-refractivity contribution in [2.45, 2.75) is 13.3 Å². The maximum absolute atomic E-state index is 11.8. The quantitative estimate of drug-likeness (QED) is 0.819. The lowest BCUT2D eigenvalue weighted by Gasteiger charge is -2.15. The molecule has 3 nitrogen and oxygen atoms in total. The highest BCUT2D eigenvalue weighted by molar-refractivity contribution is 7.80. The fourth-order valence-electron chi connectivity index (χ4n) is 1.12. The van der Waals surface area contributed by atoms with E-state index in [2.05, 4.69) is 0 Å². The van der Waals surface area contributed by atoms with E-state index in [1.54, 1.807) is 11.9 Å². The van der Waals surface area contributed by atoms with Gasteiger partial charge in [0.05, 0.1) is 9.87 Å². The van der Waals surface area contributed by atoms with Crippen LogP contribution in [0.15, 0.2) is 12.1 Å². The molecule has 1 rings (SSSR count). The van der Waals surface area contributed by atoms with E-state index in [-0.39, 0.29) is 5.91 Å². The molecule has 82 valence electrons. The molecule has 2 N–H and O–H groups in total. The smallest absolute Gasteiger partial charge is 0.263 e. The summed E-state index contributed by atoms with van der Waals surface area (Å²) in [6, 6.07) is 3.79. The Bertz CT molecular complexity index is 373. The summed E-state index contributed by atoms with van der Waals surface area (Å²) in [5.41, 5.74) is 5.38. The van der Waals surface area contributed by atoms with Gasteiger partial charge in [0.1, 0.15) is 0 Å². The standard InChI is InChI=1S/C10H14N2OS2/c1-7-3-4-8(15-7)10(13)12(2)6-5-9(11)14/h3-4H,5-6H2,1-2H3,(H2,11,14). The van der Waals surface area contributed by atoms with Crippen LogP contribution in [0.4, 0.5) is 0 Å². The Balaban J connectivity index is 2.57. The van der Waals surface area contributed by atoms with Gasteiger partial charge in [0.15, 0.2) is 0 Å². The Hall–Kier alpha value is -0.940. The van der Waals surface area contributed by atoms with Crippen molar-refractivity contribution in [3.63, 3.8) is 0 Å². The Labute approximate surface area is 98.9 Å². The van der Waals surface area contributed by atoms with Crippen molar-refractivity contribution >= 4 is 34.5 Å². The molecule has 0 aromatic carbocycles. The Kier molecular flexibility index (Phi) is 4.23. The van der Waals surface area contributed by atoms with Gasteiger partial charge in [-0.05, 0) is 19.1 Å². The number of rotatable bonds is 4. The van der Waals surface area contributed by atoms with E-state index in [0.717, 1.165) is 9.75 Å². The molecular weight excluding hydrogens is 228 g/mol. The van der Waals surface area contributed by atoms with Crippen LogP contribution in [0.5, 0.6) is 0 Å². The Morgan fingerprint density at radius 2 is 2.27 bits per heavy atom. The highest BCUT2D eigenvalue weighted by atomic mass is 32.1. The molecule has 1 heterocycles. The highest BCUT2D eigenvalue weighted by Gasteiger charge is 2.12. The van der Waals surface area contributed by atoms with Gasteiger partial charge in [-0.15, -0.1) is 11.3 Å². The first-order chi connectivity index (χ1) is 7.00. The van der Waals surface area contributed by atoms with Gasteiger partial charge in [-0.1, -0.05) is 12.2 Å². The third kappa shape index (κ3) is 3.60. The van der Waals surface area contributed by atoms with E-state index in [4.69, 9.17) is 18.0 Å². The van der Waals surface area contributed by atoms with Crippen LogP contribution in [-0.4, -0.2) is 29.4 Å². The molecule has 5 heteroatoms. The van der Waals surface area contributed by atoms with Crippen molar-refractivity contribution in [1.29, 1.82) is 0 Å². The van der Waals surface area contributed by atoms with Crippen LogP contribution in [-0.2, 0) is 0 Å². The molecule has 0 aliphatic carbocycles. The fourth-order valence-corrected chi connectivity index (χ4v) is 2.07. The number of hydrogen-bond donors (Lipinski definition) is 1. The van der Waals surface area contributed by atoms with Crippen molar-refractivity contribution in [2.75, 3.05) is 13.6 Å². The van der Waals surface area contributed by atoms with Crippen LogP contribution >= 0.6 is 23.6 Å². The van der Waals surface area contributed by atoms with Crippen molar-refractivity contribution in [2.24, 2.45) is 5.73 Å². The summed E-state index contributed by atoms with van der Waals surface area (Å²) in [5.74, 6) is 0.0318. The normalized spacial score (nSPS) is 10.0. The summed E-state index contributed by atoms with van der Waals surface area (Å²) in [6.45, 7) is 2.56. The van der Waals surface area contributed by atoms with Crippen molar-refractivity contribution in [3.05, 3.63) is 21.9 Å². The van der Waals surface area contributed by atoms with E-state index >= 15 is 0 Å². The van der Waals surface area contributed by atoms with Gasteiger partial charge in [0, 0.05) is 24.9 Å². The zero-order valence-electron chi connectivity index (χ0n) is 8.82. The molecule has 0 unspecified atom stereocenters. The van der Waals surface area contributed by atoms with Crippen molar-refractivity contribution in [1.82, 2.24) is 4.90 Å². The molecule has 0 radical (unpaired) electrons. The second-order valence-electron chi connectivity index (χ2n) is 3.35. The number of thiophene rings is 1. The molecule has 0 saturated carbocycles. The predicted octanol–water partition coefficient (Wildman–Crippen LogP) is 1.80. The average Bonchev–Trinajstić information content (AvgIpc) is 2.60. The van der Waals surface area contributed by atoms with Gasteiger partial charge in [-0.3, -0.25) is 4.79 Å². The largest absolute Gasteiger partial charge is 0.393 e. The lowest BCUT2D eigenvalue weighted by molar-refractivity contribution is 0.0803. The fraction of sp³-hybridized carbons (Fsp3) is 0.400. The number of nitrogens with two attached hydrogens (primary N) is 1. The minimum Gasteiger partial charge on any atom is -0.393 e. The number of carbonyl (C=O) groups excluding carboxylic acids is 1. The van der Waals surface area contributed by atoms with Gasteiger partial charge in [-0.2, -0.15) is 0 Å². The first-order valence-corrected chi connectivity index (χ1v) is 5.83. The minimum absolute atomic E-state index is 0.0318. The topological polar surface area (TPSA) is 46.3 Å². The van der Waals surface area contributed by atoms with Gasteiger partial charge in [0.2, 0.25) is 0 Å². The third-order valence-electron chi connectivity index (χ3n) is 1.99. The van der Waals surface area contributed by atoms with Crippen LogP contribution in [0.1, 0.15) is 21.0 Å². The van der Waals surface area contributed by atoms with E-state index in [0.29, 0.717) is 18.0 Å². The van der Waals surface area contributed by atoms with Crippen molar-refractivity contribution < 1.29 is 4.79 Å². The second-order valence-corrected chi connectivity index (χ2v) is 5.17. The molecule has 1 aromatic rings. The minimum atomic E-state index is 0.0318. The van der Waals surface area contributed by atoms with E-state index in [1.807, 2.05) is 19.1 Å². The number of amides is 1. The summed E-state index contributed by atoms with van der Waals surface area (Å²) in [6.07, 6.45) is 0.571. The van der Waals surface area contributed by atoms with E-state index < -0.39 is 0 Å². The molecule has 0 atom stereocenters. The van der Waals surface area contributed by atoms with Crippen LogP contribution in [0.3, 0.4) is 0 Å². The Morgan fingerprint density at radius 3 is 2.73 bits per heavy atom. The van der Waals surface area contributed by atoms with Gasteiger partial charge < -0.3 is 10.6 Å². The average molecular weight is 242 g/mol. The second kappa shape index (κ2) is 5.23. The van der Waals surface area contributed by atoms with Crippen LogP contribution < -0.4 is 5.73 Å². The zero-order chi connectivity index (χ0) is 11.4. The molecule has 0 fully saturated rings. The number of hydrogen-bond acceptors (Lipinski definition) is 3. The number of nitrogens with zero attached hydrogens (tertiary/aromatic N) is 1. The van der Waals surface area contributed by atoms with Gasteiger partial charge in [0.25, 0.3) is 5.91 Å². The maximum Gasteiger partial charge on any atom is 0.263 e. The molecular formula is C10H14N2OS2. The molecule has 0 aliphatic heterocycles. The zero-order valence-corrected chi connectivity index (χ0v) is 10.5. The first kappa shape index (κ1) is 12.1. The Morgan fingerprint density at radius 1 is 1.60 bits per heavy atom. The lowest BCUT2D eigenvalue weighted by atomic mass is 10.3. The van der Waals surface area contributed by atoms with E-state index in [9.17, 15) is 4.79 Å². The first-order valence-electron chi connectivity index (χ1n) is 4.61. The van der Waals surface area contributed by atoms with Gasteiger partial charge in [-0.25, -0.2) is 0 Å². The van der Waals surface area contributed by atoms with Gasteiger partial charge >= 0.3 is 0 Å². The van der Waals surface area contributed by atoms with Crippen LogP contribution in [0.25, 0.3) is 0 Å². The lowest BCUT2D eigenvalue weighted by Crippen LogP contribution is -2.29. The van der Waals surface area contributed by atoms with Crippen LogP contribution in [0.2, 0.25) is 0 Å². The molecule has 1 aromatic heterocycles. The van der Waals surface area contributed by atoms with Crippen LogP contribution in [0, 0.1) is 6.92 Å². The summed E-state index contributed by atoms with van der Waals surface area (Å²) < 4.78 is 0. The molecule has 1 amide bonds. The molecule has 0 spiro atoms. The highest BCUT2D eigenvalue weighted by Crippen LogP contribution is 2.16. The summed E-state index contributed by atoms with van der Waals surface area (Å²) in [4.78, 5) is 15.8. The molecule has 0 saturated heterocycles.